The number of nitrogens with one attached hydrogen (secondary N) is 2. The first-order valence-electron chi connectivity index (χ1n) is 8.80. The van der Waals surface area contributed by atoms with Gasteiger partial charge in [-0.25, -0.2) is 8.42 Å². The number of aldehydes is 1. The van der Waals surface area contributed by atoms with Crippen LogP contribution in [0, 0.1) is 5.92 Å². The second-order valence-corrected chi connectivity index (χ2v) is 8.89. The monoisotopic (exact) mass is 422 g/mol. The van der Waals surface area contributed by atoms with E-state index in [0.717, 1.165) is 5.56 Å². The molecule has 0 fully saturated rings. The highest BCUT2D eigenvalue weighted by molar-refractivity contribution is 7.89. The Morgan fingerprint density at radius 3 is 2.21 bits per heavy atom. The molecule has 6 nitrogen and oxygen atoms in total. The van der Waals surface area contributed by atoms with Gasteiger partial charge in [0.1, 0.15) is 12.3 Å². The fraction of sp³-hybridized carbons (Fsp3) is 0.300. The van der Waals surface area contributed by atoms with Crippen molar-refractivity contribution in [2.45, 2.75) is 37.2 Å². The third kappa shape index (κ3) is 6.15. The average Bonchev–Trinajstić information content (AvgIpc) is 2.66. The summed E-state index contributed by atoms with van der Waals surface area (Å²) >= 11 is 5.80. The zero-order valence-electron chi connectivity index (χ0n) is 15.6. The molecule has 2 N–H and O–H groups in total. The van der Waals surface area contributed by atoms with Crippen LogP contribution < -0.4 is 10.0 Å². The number of rotatable bonds is 9. The van der Waals surface area contributed by atoms with Crippen molar-refractivity contribution in [2.24, 2.45) is 5.92 Å². The minimum atomic E-state index is -3.93. The summed E-state index contributed by atoms with van der Waals surface area (Å²) in [5, 5.41) is 3.03. The normalized spacial score (nSPS) is 13.7. The smallest absolute Gasteiger partial charge is 0.241 e. The lowest BCUT2D eigenvalue weighted by Crippen LogP contribution is -2.52. The molecule has 0 bridgehead atoms. The molecule has 0 saturated heterocycles. The maximum Gasteiger partial charge on any atom is 0.241 e. The molecular formula is C20H23ClN2O4S. The molecule has 1 amide bonds. The van der Waals surface area contributed by atoms with E-state index in [9.17, 15) is 18.0 Å². The molecule has 0 aromatic heterocycles. The third-order valence-corrected chi connectivity index (χ3v) is 5.85. The highest BCUT2D eigenvalue weighted by Gasteiger charge is 2.29. The third-order valence-electron chi connectivity index (χ3n) is 4.15. The molecule has 0 heterocycles. The van der Waals surface area contributed by atoms with Gasteiger partial charge in [-0.3, -0.25) is 4.79 Å². The summed E-state index contributed by atoms with van der Waals surface area (Å²) in [5.41, 5.74) is 0.891. The molecule has 2 aromatic rings. The van der Waals surface area contributed by atoms with Crippen molar-refractivity contribution >= 4 is 33.8 Å². The summed E-state index contributed by atoms with van der Waals surface area (Å²) in [6.45, 7) is 3.45. The number of carbonyl (C=O) groups excluding carboxylic acids is 2. The predicted octanol–water partition coefficient (Wildman–Crippen LogP) is 2.57. The predicted molar refractivity (Wildman–Crippen MR) is 109 cm³/mol. The molecule has 0 aliphatic heterocycles. The number of carbonyl (C=O) groups is 2. The van der Waals surface area contributed by atoms with Crippen LogP contribution >= 0.6 is 11.6 Å². The van der Waals surface area contributed by atoms with E-state index < -0.39 is 28.0 Å². The first-order chi connectivity index (χ1) is 13.2. The van der Waals surface area contributed by atoms with Crippen molar-refractivity contribution < 1.29 is 18.0 Å². The van der Waals surface area contributed by atoms with E-state index in [1.54, 1.807) is 13.8 Å². The standard InChI is InChI=1S/C20H23ClN2O4S/c1-14(2)19(23-28(26,27)18-10-8-16(21)9-11-18)20(25)22-17(13-24)12-15-6-4-3-5-7-15/h3-11,13-14,17,19,23H,12H2,1-2H3,(H,22,25)/t17-,19+/m1/s1. The van der Waals surface area contributed by atoms with E-state index in [1.807, 2.05) is 30.3 Å². The maximum absolute atomic E-state index is 12.7. The zero-order valence-corrected chi connectivity index (χ0v) is 17.2. The Morgan fingerprint density at radius 2 is 1.68 bits per heavy atom. The number of amides is 1. The molecule has 0 saturated carbocycles. The van der Waals surface area contributed by atoms with Crippen LogP contribution in [-0.4, -0.2) is 32.7 Å². The summed E-state index contributed by atoms with van der Waals surface area (Å²) < 4.78 is 27.6. The molecule has 0 unspecified atom stereocenters. The molecule has 2 rings (SSSR count). The minimum absolute atomic E-state index is 0.00609. The Labute approximate surface area is 170 Å². The van der Waals surface area contributed by atoms with Gasteiger partial charge in [0.25, 0.3) is 0 Å². The van der Waals surface area contributed by atoms with Crippen LogP contribution in [0.3, 0.4) is 0 Å². The molecule has 2 atom stereocenters. The van der Waals surface area contributed by atoms with Crippen molar-refractivity contribution in [3.8, 4) is 0 Å². The van der Waals surface area contributed by atoms with Crippen molar-refractivity contribution in [1.82, 2.24) is 10.0 Å². The number of hydrogen-bond donors (Lipinski definition) is 2. The van der Waals surface area contributed by atoms with Crippen molar-refractivity contribution in [1.29, 1.82) is 0 Å². The van der Waals surface area contributed by atoms with Crippen molar-refractivity contribution in [2.75, 3.05) is 0 Å². The molecule has 8 heteroatoms. The van der Waals surface area contributed by atoms with Gasteiger partial charge in [0.05, 0.1) is 10.9 Å². The largest absolute Gasteiger partial charge is 0.345 e. The summed E-state index contributed by atoms with van der Waals surface area (Å²) in [5.74, 6) is -0.883. The highest BCUT2D eigenvalue weighted by Crippen LogP contribution is 2.16. The van der Waals surface area contributed by atoms with Gasteiger partial charge >= 0.3 is 0 Å². The van der Waals surface area contributed by atoms with Crippen molar-refractivity contribution in [3.05, 3.63) is 65.2 Å². The lowest BCUT2D eigenvalue weighted by molar-refractivity contribution is -0.126. The molecule has 0 spiro atoms. The van der Waals surface area contributed by atoms with Crippen LogP contribution in [0.15, 0.2) is 59.5 Å². The van der Waals surface area contributed by atoms with Crippen LogP contribution in [0.5, 0.6) is 0 Å². The van der Waals surface area contributed by atoms with Gasteiger partial charge in [-0.15, -0.1) is 0 Å². The van der Waals surface area contributed by atoms with E-state index in [-0.39, 0.29) is 10.8 Å². The fourth-order valence-corrected chi connectivity index (χ4v) is 4.08. The van der Waals surface area contributed by atoms with Crippen LogP contribution in [0.25, 0.3) is 0 Å². The van der Waals surface area contributed by atoms with E-state index in [4.69, 9.17) is 11.6 Å². The average molecular weight is 423 g/mol. The van der Waals surface area contributed by atoms with Crippen LogP contribution in [0.2, 0.25) is 5.02 Å². The quantitative estimate of drug-likeness (QED) is 0.607. The van der Waals surface area contributed by atoms with Gasteiger partial charge in [-0.05, 0) is 42.2 Å². The van der Waals surface area contributed by atoms with E-state index >= 15 is 0 Å². The molecule has 0 radical (unpaired) electrons. The maximum atomic E-state index is 12.7. The lowest BCUT2D eigenvalue weighted by atomic mass is 10.0. The summed E-state index contributed by atoms with van der Waals surface area (Å²) in [4.78, 5) is 24.1. The Balaban J connectivity index is 2.12. The zero-order chi connectivity index (χ0) is 20.7. The van der Waals surface area contributed by atoms with E-state index in [1.165, 1.54) is 24.3 Å². The van der Waals surface area contributed by atoms with Crippen LogP contribution in [0.1, 0.15) is 19.4 Å². The van der Waals surface area contributed by atoms with Gasteiger partial charge in [0.15, 0.2) is 0 Å². The Bertz CT molecular complexity index is 900. The van der Waals surface area contributed by atoms with Gasteiger partial charge in [0, 0.05) is 5.02 Å². The molecule has 2 aromatic carbocycles. The first kappa shape index (κ1) is 22.1. The Morgan fingerprint density at radius 1 is 1.07 bits per heavy atom. The summed E-state index contributed by atoms with van der Waals surface area (Å²) in [6.07, 6.45) is 0.973. The Kier molecular flexibility index (Phi) is 7.74. The molecule has 0 aliphatic rings. The highest BCUT2D eigenvalue weighted by atomic mass is 35.5. The first-order valence-corrected chi connectivity index (χ1v) is 10.7. The topological polar surface area (TPSA) is 92.3 Å². The number of benzene rings is 2. The summed E-state index contributed by atoms with van der Waals surface area (Å²) in [7, 11) is -3.93. The Hall–Kier alpha value is -2.22. The SMILES string of the molecule is CC(C)[C@H](NS(=O)(=O)c1ccc(Cl)cc1)C(=O)N[C@@H](C=O)Cc1ccccc1. The minimum Gasteiger partial charge on any atom is -0.345 e. The molecule has 0 aliphatic carbocycles. The summed E-state index contributed by atoms with van der Waals surface area (Å²) in [6, 6.07) is 13.1. The van der Waals surface area contributed by atoms with Crippen LogP contribution in [-0.2, 0) is 26.0 Å². The second-order valence-electron chi connectivity index (χ2n) is 6.74. The van der Waals surface area contributed by atoms with Gasteiger partial charge in [-0.2, -0.15) is 4.72 Å². The second kappa shape index (κ2) is 9.82. The van der Waals surface area contributed by atoms with Crippen molar-refractivity contribution in [3.63, 3.8) is 0 Å². The number of sulfonamides is 1. The fourth-order valence-electron chi connectivity index (χ4n) is 2.61. The lowest BCUT2D eigenvalue weighted by Gasteiger charge is -2.23. The van der Waals surface area contributed by atoms with Gasteiger partial charge < -0.3 is 10.1 Å². The molecule has 28 heavy (non-hydrogen) atoms. The molecule has 150 valence electrons. The van der Waals surface area contributed by atoms with E-state index in [0.29, 0.717) is 17.7 Å². The van der Waals surface area contributed by atoms with Gasteiger partial charge in [-0.1, -0.05) is 55.8 Å². The number of hydrogen-bond acceptors (Lipinski definition) is 4. The number of halogens is 1. The van der Waals surface area contributed by atoms with Gasteiger partial charge in [0.2, 0.25) is 15.9 Å². The van der Waals surface area contributed by atoms with E-state index in [2.05, 4.69) is 10.0 Å². The molecular weight excluding hydrogens is 400 g/mol. The van der Waals surface area contributed by atoms with Crippen LogP contribution in [0.4, 0.5) is 0 Å².